The predicted octanol–water partition coefficient (Wildman–Crippen LogP) is 3.20. The second kappa shape index (κ2) is 9.05. The Bertz CT molecular complexity index is 679. The number of amides is 2. The number of rotatable bonds is 7. The minimum atomic E-state index is -0.456. The van der Waals surface area contributed by atoms with Crippen molar-refractivity contribution in [2.75, 3.05) is 23.8 Å². The van der Waals surface area contributed by atoms with Crippen LogP contribution in [-0.2, 0) is 0 Å². The number of nitrogens with zero attached hydrogens (tertiary/aromatic N) is 2. The van der Waals surface area contributed by atoms with E-state index in [0.717, 1.165) is 18.5 Å². The van der Waals surface area contributed by atoms with Gasteiger partial charge in [0.15, 0.2) is 5.82 Å². The second-order valence-corrected chi connectivity index (χ2v) is 5.54. The molecule has 2 amide bonds. The zero-order valence-corrected chi connectivity index (χ0v) is 14.1. The first kappa shape index (κ1) is 18.0. The number of carbonyl (C=O) groups excluding carboxylic acids is 1. The van der Waals surface area contributed by atoms with Gasteiger partial charge in [-0.15, -0.1) is 0 Å². The van der Waals surface area contributed by atoms with Gasteiger partial charge in [-0.05, 0) is 44.5 Å². The number of ether oxygens (including phenoxy) is 1. The van der Waals surface area contributed by atoms with Crippen LogP contribution in [0, 0.1) is 6.92 Å². The first-order valence-electron chi connectivity index (χ1n) is 7.57. The summed E-state index contributed by atoms with van der Waals surface area (Å²) < 4.78 is 5.68. The third-order valence-electron chi connectivity index (χ3n) is 3.07. The number of aryl methyl sites for hydroxylation is 1. The molecule has 1 aromatic heterocycles. The maximum atomic E-state index is 12.1. The Labute approximate surface area is 145 Å². The lowest BCUT2D eigenvalue weighted by Gasteiger charge is -2.13. The average molecular weight is 350 g/mol. The standard InChI is InChI=1S/C16H20ClN5O2/c1-11-9-20-15(10-19-11)22-16(23)21-13-8-12(17)4-5-14(13)24-7-3-2-6-18/h4-5,8-10H,2-3,6-7,18H2,1H3,(H2,20,21,22,23). The van der Waals surface area contributed by atoms with Crippen molar-refractivity contribution >= 4 is 29.1 Å². The first-order chi connectivity index (χ1) is 11.6. The van der Waals surface area contributed by atoms with Crippen LogP contribution >= 0.6 is 11.6 Å². The maximum absolute atomic E-state index is 12.1. The van der Waals surface area contributed by atoms with E-state index >= 15 is 0 Å². The molecule has 1 heterocycles. The molecular weight excluding hydrogens is 330 g/mol. The van der Waals surface area contributed by atoms with Crippen molar-refractivity contribution in [2.45, 2.75) is 19.8 Å². The summed E-state index contributed by atoms with van der Waals surface area (Å²) in [6.45, 7) is 2.95. The quantitative estimate of drug-likeness (QED) is 0.666. The Kier molecular flexibility index (Phi) is 6.77. The molecule has 128 valence electrons. The van der Waals surface area contributed by atoms with Crippen molar-refractivity contribution in [1.82, 2.24) is 9.97 Å². The zero-order chi connectivity index (χ0) is 17.4. The molecule has 0 fully saturated rings. The van der Waals surface area contributed by atoms with E-state index in [1.54, 1.807) is 24.4 Å². The molecular formula is C16H20ClN5O2. The van der Waals surface area contributed by atoms with Crippen LogP contribution in [-0.4, -0.2) is 29.2 Å². The van der Waals surface area contributed by atoms with E-state index < -0.39 is 6.03 Å². The van der Waals surface area contributed by atoms with Crippen molar-refractivity contribution in [3.8, 4) is 5.75 Å². The maximum Gasteiger partial charge on any atom is 0.325 e. The number of benzene rings is 1. The summed E-state index contributed by atoms with van der Waals surface area (Å²) in [5, 5.41) is 5.80. The number of carbonyl (C=O) groups is 1. The number of aromatic nitrogens is 2. The number of anilines is 2. The Hall–Kier alpha value is -2.38. The van der Waals surface area contributed by atoms with Crippen LogP contribution in [0.3, 0.4) is 0 Å². The Morgan fingerprint density at radius 1 is 1.25 bits per heavy atom. The van der Waals surface area contributed by atoms with Gasteiger partial charge < -0.3 is 15.8 Å². The van der Waals surface area contributed by atoms with Gasteiger partial charge in [0.25, 0.3) is 0 Å². The number of unbranched alkanes of at least 4 members (excludes halogenated alkanes) is 1. The SMILES string of the molecule is Cc1cnc(NC(=O)Nc2cc(Cl)ccc2OCCCCN)cn1. The topological polar surface area (TPSA) is 102 Å². The van der Waals surface area contributed by atoms with E-state index in [0.29, 0.717) is 35.4 Å². The molecule has 0 saturated heterocycles. The molecule has 0 aliphatic rings. The highest BCUT2D eigenvalue weighted by atomic mass is 35.5. The van der Waals surface area contributed by atoms with E-state index in [9.17, 15) is 4.79 Å². The number of nitrogens with two attached hydrogens (primary N) is 1. The molecule has 1 aromatic carbocycles. The molecule has 8 heteroatoms. The summed E-state index contributed by atoms with van der Waals surface area (Å²) in [5.74, 6) is 0.895. The first-order valence-corrected chi connectivity index (χ1v) is 7.95. The van der Waals surface area contributed by atoms with Crippen LogP contribution in [0.4, 0.5) is 16.3 Å². The van der Waals surface area contributed by atoms with Gasteiger partial charge in [0.1, 0.15) is 5.75 Å². The second-order valence-electron chi connectivity index (χ2n) is 5.11. The van der Waals surface area contributed by atoms with Crippen LogP contribution < -0.4 is 21.1 Å². The number of nitrogens with one attached hydrogen (secondary N) is 2. The predicted molar refractivity (Wildman–Crippen MR) is 94.6 cm³/mol. The highest BCUT2D eigenvalue weighted by Crippen LogP contribution is 2.28. The van der Waals surface area contributed by atoms with Crippen LogP contribution in [0.25, 0.3) is 0 Å². The molecule has 0 radical (unpaired) electrons. The van der Waals surface area contributed by atoms with Crippen LogP contribution in [0.1, 0.15) is 18.5 Å². The highest BCUT2D eigenvalue weighted by molar-refractivity contribution is 6.31. The van der Waals surface area contributed by atoms with Gasteiger partial charge in [-0.3, -0.25) is 10.3 Å². The summed E-state index contributed by atoms with van der Waals surface area (Å²) in [5.41, 5.74) is 6.70. The number of urea groups is 1. The van der Waals surface area contributed by atoms with Crippen LogP contribution in [0.2, 0.25) is 5.02 Å². The fourth-order valence-electron chi connectivity index (χ4n) is 1.88. The van der Waals surface area contributed by atoms with Crippen molar-refractivity contribution < 1.29 is 9.53 Å². The Morgan fingerprint density at radius 2 is 2.08 bits per heavy atom. The lowest BCUT2D eigenvalue weighted by atomic mass is 10.3. The lowest BCUT2D eigenvalue weighted by molar-refractivity contribution is 0.261. The molecule has 0 aliphatic heterocycles. The Balaban J connectivity index is 2.00. The van der Waals surface area contributed by atoms with Gasteiger partial charge in [-0.25, -0.2) is 9.78 Å². The molecule has 0 atom stereocenters. The molecule has 0 spiro atoms. The molecule has 0 unspecified atom stereocenters. The number of halogens is 1. The van der Waals surface area contributed by atoms with E-state index in [-0.39, 0.29) is 0 Å². The Morgan fingerprint density at radius 3 is 2.79 bits per heavy atom. The van der Waals surface area contributed by atoms with Gasteiger partial charge in [0, 0.05) is 5.02 Å². The third kappa shape index (κ3) is 5.68. The van der Waals surface area contributed by atoms with Crippen molar-refractivity contribution in [2.24, 2.45) is 5.73 Å². The van der Waals surface area contributed by atoms with Crippen molar-refractivity contribution in [3.05, 3.63) is 41.3 Å². The summed E-state index contributed by atoms with van der Waals surface area (Å²) in [6.07, 6.45) is 4.77. The van der Waals surface area contributed by atoms with Gasteiger partial charge in [-0.2, -0.15) is 0 Å². The summed E-state index contributed by atoms with van der Waals surface area (Å²) >= 11 is 6.00. The van der Waals surface area contributed by atoms with Crippen molar-refractivity contribution in [3.63, 3.8) is 0 Å². The smallest absolute Gasteiger partial charge is 0.325 e. The molecule has 7 nitrogen and oxygen atoms in total. The summed E-state index contributed by atoms with van der Waals surface area (Å²) in [4.78, 5) is 20.2. The van der Waals surface area contributed by atoms with Crippen LogP contribution in [0.5, 0.6) is 5.75 Å². The van der Waals surface area contributed by atoms with Gasteiger partial charge in [0.2, 0.25) is 0 Å². The normalized spacial score (nSPS) is 10.3. The van der Waals surface area contributed by atoms with E-state index in [2.05, 4.69) is 20.6 Å². The zero-order valence-electron chi connectivity index (χ0n) is 13.4. The molecule has 2 rings (SSSR count). The monoisotopic (exact) mass is 349 g/mol. The number of hydrogen-bond acceptors (Lipinski definition) is 5. The van der Waals surface area contributed by atoms with Crippen LogP contribution in [0.15, 0.2) is 30.6 Å². The van der Waals surface area contributed by atoms with Gasteiger partial charge >= 0.3 is 6.03 Å². The largest absolute Gasteiger partial charge is 0.491 e. The molecule has 0 saturated carbocycles. The van der Waals surface area contributed by atoms with Crippen molar-refractivity contribution in [1.29, 1.82) is 0 Å². The fraction of sp³-hybridized carbons (Fsp3) is 0.312. The fourth-order valence-corrected chi connectivity index (χ4v) is 2.05. The van der Waals surface area contributed by atoms with E-state index in [1.165, 1.54) is 6.20 Å². The minimum Gasteiger partial charge on any atom is -0.491 e. The molecule has 0 aliphatic carbocycles. The number of hydrogen-bond donors (Lipinski definition) is 3. The molecule has 0 bridgehead atoms. The molecule has 4 N–H and O–H groups in total. The summed E-state index contributed by atoms with van der Waals surface area (Å²) in [7, 11) is 0. The van der Waals surface area contributed by atoms with E-state index in [1.807, 2.05) is 6.92 Å². The summed E-state index contributed by atoms with van der Waals surface area (Å²) in [6, 6.07) is 4.59. The van der Waals surface area contributed by atoms with Gasteiger partial charge in [0.05, 0.1) is 30.4 Å². The lowest BCUT2D eigenvalue weighted by Crippen LogP contribution is -2.20. The third-order valence-corrected chi connectivity index (χ3v) is 3.30. The molecule has 2 aromatic rings. The van der Waals surface area contributed by atoms with E-state index in [4.69, 9.17) is 22.1 Å². The average Bonchev–Trinajstić information content (AvgIpc) is 2.55. The minimum absolute atomic E-state index is 0.352. The molecule has 24 heavy (non-hydrogen) atoms. The van der Waals surface area contributed by atoms with Gasteiger partial charge in [-0.1, -0.05) is 11.6 Å². The highest BCUT2D eigenvalue weighted by Gasteiger charge is 2.10.